The minimum atomic E-state index is -0.266. The number of hydrogen-bond acceptors (Lipinski definition) is 3. The van der Waals surface area contributed by atoms with E-state index in [-0.39, 0.29) is 17.6 Å². The molecule has 0 amide bonds. The van der Waals surface area contributed by atoms with Crippen molar-refractivity contribution in [3.8, 4) is 5.75 Å². The van der Waals surface area contributed by atoms with Crippen LogP contribution in [-0.4, -0.2) is 38.8 Å². The monoisotopic (exact) mass is 404 g/mol. The second-order valence-corrected chi connectivity index (χ2v) is 7.20. The molecule has 0 unspecified atom stereocenters. The van der Waals surface area contributed by atoms with Gasteiger partial charge in [-0.1, -0.05) is 28.1 Å². The molecule has 0 bridgehead atoms. The van der Waals surface area contributed by atoms with E-state index in [4.69, 9.17) is 4.74 Å². The maximum atomic E-state index is 13.0. The molecule has 1 N–H and O–H groups in total. The molecule has 2 aromatic carbocycles. The molecule has 0 spiro atoms. The standard InChI is InChI=1S/C20H22BrNO3/c1-13(23)15-7-10-19(25-4)16(11-15)12-18(22(2)3)20(24)14-5-8-17(21)9-6-14/h5-11,18H,12H2,1-4H3/p+1/t18-/m0/s1. The van der Waals surface area contributed by atoms with Crippen LogP contribution in [-0.2, 0) is 6.42 Å². The van der Waals surface area contributed by atoms with Crippen LogP contribution in [0.4, 0.5) is 0 Å². The highest BCUT2D eigenvalue weighted by atomic mass is 79.9. The summed E-state index contributed by atoms with van der Waals surface area (Å²) in [6.45, 7) is 1.53. The minimum Gasteiger partial charge on any atom is -0.496 e. The number of nitrogens with one attached hydrogen (secondary N) is 1. The number of hydrogen-bond donors (Lipinski definition) is 1. The van der Waals surface area contributed by atoms with Gasteiger partial charge >= 0.3 is 0 Å². The molecular weight excluding hydrogens is 382 g/mol. The molecule has 5 heteroatoms. The Morgan fingerprint density at radius 1 is 1.08 bits per heavy atom. The summed E-state index contributed by atoms with van der Waals surface area (Å²) in [6, 6.07) is 12.5. The first kappa shape index (κ1) is 19.3. The number of carbonyl (C=O) groups is 2. The first-order valence-electron chi connectivity index (χ1n) is 8.11. The second kappa shape index (κ2) is 8.41. The van der Waals surface area contributed by atoms with Gasteiger partial charge in [0.15, 0.2) is 11.8 Å². The summed E-state index contributed by atoms with van der Waals surface area (Å²) in [5.41, 5.74) is 2.17. The maximum absolute atomic E-state index is 13.0. The van der Waals surface area contributed by atoms with Crippen molar-refractivity contribution < 1.29 is 19.2 Å². The molecule has 0 aliphatic rings. The smallest absolute Gasteiger partial charge is 0.220 e. The normalized spacial score (nSPS) is 12.1. The lowest BCUT2D eigenvalue weighted by molar-refractivity contribution is -0.874. The van der Waals surface area contributed by atoms with Crippen LogP contribution in [0.1, 0.15) is 33.2 Å². The third-order valence-electron chi connectivity index (χ3n) is 4.25. The number of rotatable bonds is 7. The van der Waals surface area contributed by atoms with Crippen molar-refractivity contribution in [1.82, 2.24) is 0 Å². The largest absolute Gasteiger partial charge is 0.496 e. The lowest BCUT2D eigenvalue weighted by atomic mass is 9.95. The predicted molar refractivity (Wildman–Crippen MR) is 102 cm³/mol. The Balaban J connectivity index is 2.36. The van der Waals surface area contributed by atoms with Gasteiger partial charge in [-0.2, -0.15) is 0 Å². The average molecular weight is 405 g/mol. The molecular formula is C20H23BrNO3+. The summed E-state index contributed by atoms with van der Waals surface area (Å²) in [4.78, 5) is 25.7. The van der Waals surface area contributed by atoms with Gasteiger partial charge in [0.2, 0.25) is 5.78 Å². The van der Waals surface area contributed by atoms with E-state index in [1.165, 1.54) is 6.92 Å². The number of halogens is 1. The molecule has 0 saturated heterocycles. The van der Waals surface area contributed by atoms with Gasteiger partial charge in [0.25, 0.3) is 0 Å². The van der Waals surface area contributed by atoms with E-state index in [1.807, 2.05) is 44.4 Å². The Kier molecular flexibility index (Phi) is 6.51. The number of quaternary nitrogens is 1. The van der Waals surface area contributed by atoms with E-state index < -0.39 is 0 Å². The number of methoxy groups -OCH3 is 1. The first-order chi connectivity index (χ1) is 11.8. The van der Waals surface area contributed by atoms with Gasteiger partial charge < -0.3 is 9.64 Å². The third-order valence-corrected chi connectivity index (χ3v) is 4.78. The molecule has 2 aromatic rings. The number of likely N-dealkylation sites (N-methyl/N-ethyl adjacent to an activating group) is 1. The Morgan fingerprint density at radius 3 is 2.20 bits per heavy atom. The van der Waals surface area contributed by atoms with Gasteiger partial charge in [0.05, 0.1) is 21.2 Å². The summed E-state index contributed by atoms with van der Waals surface area (Å²) < 4.78 is 6.36. The van der Waals surface area contributed by atoms with Crippen LogP contribution in [0.3, 0.4) is 0 Å². The summed E-state index contributed by atoms with van der Waals surface area (Å²) in [5.74, 6) is 0.763. The Morgan fingerprint density at radius 2 is 1.68 bits per heavy atom. The molecule has 0 aliphatic carbocycles. The van der Waals surface area contributed by atoms with Crippen LogP contribution in [0.15, 0.2) is 46.9 Å². The lowest BCUT2D eigenvalue weighted by Crippen LogP contribution is -3.11. The summed E-state index contributed by atoms with van der Waals surface area (Å²) >= 11 is 3.39. The van der Waals surface area contributed by atoms with Gasteiger partial charge in [0, 0.05) is 27.6 Å². The topological polar surface area (TPSA) is 47.8 Å². The highest BCUT2D eigenvalue weighted by molar-refractivity contribution is 9.10. The van der Waals surface area contributed by atoms with Crippen molar-refractivity contribution in [2.75, 3.05) is 21.2 Å². The van der Waals surface area contributed by atoms with Gasteiger partial charge in [-0.25, -0.2) is 0 Å². The average Bonchev–Trinajstić information content (AvgIpc) is 2.59. The predicted octanol–water partition coefficient (Wildman–Crippen LogP) is 2.60. The van der Waals surface area contributed by atoms with E-state index in [2.05, 4.69) is 15.9 Å². The number of ketones is 2. The van der Waals surface area contributed by atoms with Crippen LogP contribution in [0, 0.1) is 0 Å². The van der Waals surface area contributed by atoms with Crippen molar-refractivity contribution in [1.29, 1.82) is 0 Å². The van der Waals surface area contributed by atoms with Crippen molar-refractivity contribution in [3.05, 3.63) is 63.6 Å². The van der Waals surface area contributed by atoms with Gasteiger partial charge in [-0.3, -0.25) is 9.59 Å². The molecule has 1 atom stereocenters. The maximum Gasteiger partial charge on any atom is 0.220 e. The zero-order valence-corrected chi connectivity index (χ0v) is 16.5. The van der Waals surface area contributed by atoms with E-state index in [0.717, 1.165) is 14.9 Å². The summed E-state index contributed by atoms with van der Waals surface area (Å²) in [7, 11) is 5.52. The molecule has 0 radical (unpaired) electrons. The van der Waals surface area contributed by atoms with Crippen LogP contribution in [0.25, 0.3) is 0 Å². The van der Waals surface area contributed by atoms with E-state index in [9.17, 15) is 9.59 Å². The van der Waals surface area contributed by atoms with Crippen LogP contribution < -0.4 is 9.64 Å². The number of benzene rings is 2. The Bertz CT molecular complexity index is 769. The molecule has 4 nitrogen and oxygen atoms in total. The zero-order valence-electron chi connectivity index (χ0n) is 14.9. The molecule has 0 aliphatic heterocycles. The molecule has 0 fully saturated rings. The molecule has 0 aromatic heterocycles. The SMILES string of the molecule is COc1ccc(C(C)=O)cc1C[C@@H](C(=O)c1ccc(Br)cc1)[NH+](C)C. The van der Waals surface area contributed by atoms with Crippen LogP contribution in [0.5, 0.6) is 5.75 Å². The summed E-state index contributed by atoms with van der Waals surface area (Å²) in [6.07, 6.45) is 0.502. The fraction of sp³-hybridized carbons (Fsp3) is 0.300. The molecule has 132 valence electrons. The van der Waals surface area contributed by atoms with Crippen molar-refractivity contribution in [2.45, 2.75) is 19.4 Å². The second-order valence-electron chi connectivity index (χ2n) is 6.29. The fourth-order valence-electron chi connectivity index (χ4n) is 2.75. The van der Waals surface area contributed by atoms with Crippen molar-refractivity contribution >= 4 is 27.5 Å². The van der Waals surface area contributed by atoms with Crippen molar-refractivity contribution in [2.24, 2.45) is 0 Å². The molecule has 0 saturated carbocycles. The van der Waals surface area contributed by atoms with Crippen LogP contribution >= 0.6 is 15.9 Å². The third kappa shape index (κ3) is 4.77. The highest BCUT2D eigenvalue weighted by Crippen LogP contribution is 2.22. The number of Topliss-reactive ketones (excluding diaryl/α,β-unsaturated/α-hetero) is 2. The lowest BCUT2D eigenvalue weighted by Gasteiger charge is -2.21. The van der Waals surface area contributed by atoms with E-state index in [0.29, 0.717) is 23.3 Å². The van der Waals surface area contributed by atoms with Gasteiger partial charge in [-0.05, 0) is 37.3 Å². The zero-order chi connectivity index (χ0) is 18.6. The first-order valence-corrected chi connectivity index (χ1v) is 8.90. The van der Waals surface area contributed by atoms with Crippen molar-refractivity contribution in [3.63, 3.8) is 0 Å². The Hall–Kier alpha value is -1.98. The minimum absolute atomic E-state index is 0.00288. The van der Waals surface area contributed by atoms with Gasteiger partial charge in [0.1, 0.15) is 5.75 Å². The highest BCUT2D eigenvalue weighted by Gasteiger charge is 2.27. The quantitative estimate of drug-likeness (QED) is 0.721. The fourth-order valence-corrected chi connectivity index (χ4v) is 3.02. The van der Waals surface area contributed by atoms with E-state index in [1.54, 1.807) is 19.2 Å². The van der Waals surface area contributed by atoms with Crippen LogP contribution in [0.2, 0.25) is 0 Å². The number of ether oxygens (including phenoxy) is 1. The molecule has 0 heterocycles. The molecule has 25 heavy (non-hydrogen) atoms. The summed E-state index contributed by atoms with van der Waals surface area (Å²) in [5, 5.41) is 0. The van der Waals surface area contributed by atoms with Gasteiger partial charge in [-0.15, -0.1) is 0 Å². The Labute approximate surface area is 156 Å². The van der Waals surface area contributed by atoms with E-state index >= 15 is 0 Å². The number of carbonyl (C=O) groups excluding carboxylic acids is 2. The molecule has 2 rings (SSSR count).